The van der Waals surface area contributed by atoms with Crippen molar-refractivity contribution in [3.8, 4) is 0 Å². The maximum atomic E-state index is 13.0. The average molecular weight is 378 g/mol. The molecule has 27 heavy (non-hydrogen) atoms. The SMILES string of the molecule is O=C(CC(c1ccccc1)c1ccccc1)N1CCN(c2nccs2)CC1. The quantitative estimate of drug-likeness (QED) is 0.674. The van der Waals surface area contributed by atoms with Crippen LogP contribution in [0.15, 0.2) is 72.2 Å². The number of rotatable bonds is 5. The predicted octanol–water partition coefficient (Wildman–Crippen LogP) is 4.01. The molecule has 3 aromatic rings. The van der Waals surface area contributed by atoms with Crippen molar-refractivity contribution in [1.82, 2.24) is 9.88 Å². The van der Waals surface area contributed by atoms with Crippen LogP contribution >= 0.6 is 11.3 Å². The van der Waals surface area contributed by atoms with Gasteiger partial charge >= 0.3 is 0 Å². The molecule has 138 valence electrons. The molecule has 1 aliphatic heterocycles. The number of carbonyl (C=O) groups is 1. The van der Waals surface area contributed by atoms with Gasteiger partial charge in [-0.3, -0.25) is 4.79 Å². The van der Waals surface area contributed by atoms with E-state index in [1.165, 1.54) is 11.1 Å². The second-order valence-corrected chi connectivity index (χ2v) is 7.63. The smallest absolute Gasteiger partial charge is 0.223 e. The number of carbonyl (C=O) groups excluding carboxylic acids is 1. The normalized spacial score (nSPS) is 14.6. The van der Waals surface area contributed by atoms with Crippen molar-refractivity contribution < 1.29 is 4.79 Å². The Morgan fingerprint density at radius 3 is 2.04 bits per heavy atom. The Morgan fingerprint density at radius 2 is 1.52 bits per heavy atom. The summed E-state index contributed by atoms with van der Waals surface area (Å²) in [5.41, 5.74) is 2.39. The number of amides is 1. The van der Waals surface area contributed by atoms with E-state index in [0.29, 0.717) is 6.42 Å². The minimum Gasteiger partial charge on any atom is -0.345 e. The molecule has 4 rings (SSSR count). The number of piperazine rings is 1. The van der Waals surface area contributed by atoms with E-state index in [9.17, 15) is 4.79 Å². The van der Waals surface area contributed by atoms with Crippen LogP contribution in [0.5, 0.6) is 0 Å². The number of aromatic nitrogens is 1. The molecular formula is C22H23N3OS. The van der Waals surface area contributed by atoms with Crippen LogP contribution in [-0.4, -0.2) is 42.0 Å². The number of benzene rings is 2. The summed E-state index contributed by atoms with van der Waals surface area (Å²) in [4.78, 5) is 21.7. The Kier molecular flexibility index (Phi) is 5.49. The zero-order chi connectivity index (χ0) is 18.5. The highest BCUT2D eigenvalue weighted by atomic mass is 32.1. The fourth-order valence-electron chi connectivity index (χ4n) is 3.62. The van der Waals surface area contributed by atoms with Crippen molar-refractivity contribution in [3.05, 3.63) is 83.4 Å². The first kappa shape index (κ1) is 17.7. The fourth-order valence-corrected chi connectivity index (χ4v) is 4.32. The lowest BCUT2D eigenvalue weighted by molar-refractivity contribution is -0.131. The van der Waals surface area contributed by atoms with Crippen LogP contribution in [0.3, 0.4) is 0 Å². The van der Waals surface area contributed by atoms with Gasteiger partial charge in [0.15, 0.2) is 5.13 Å². The summed E-state index contributed by atoms with van der Waals surface area (Å²) >= 11 is 1.66. The first-order valence-corrected chi connectivity index (χ1v) is 10.2. The van der Waals surface area contributed by atoms with Gasteiger partial charge in [0.1, 0.15) is 0 Å². The molecule has 1 amide bonds. The van der Waals surface area contributed by atoms with Crippen LogP contribution in [0.4, 0.5) is 5.13 Å². The van der Waals surface area contributed by atoms with Crippen molar-refractivity contribution in [2.24, 2.45) is 0 Å². The van der Waals surface area contributed by atoms with Gasteiger partial charge in [0.25, 0.3) is 0 Å². The molecule has 1 aliphatic rings. The first-order chi connectivity index (χ1) is 13.3. The minimum atomic E-state index is 0.0943. The molecule has 0 radical (unpaired) electrons. The molecule has 0 aliphatic carbocycles. The van der Waals surface area contributed by atoms with Gasteiger partial charge in [-0.15, -0.1) is 11.3 Å². The van der Waals surface area contributed by atoms with Crippen molar-refractivity contribution >= 4 is 22.4 Å². The molecule has 4 nitrogen and oxygen atoms in total. The lowest BCUT2D eigenvalue weighted by Crippen LogP contribution is -2.49. The number of nitrogens with zero attached hydrogens (tertiary/aromatic N) is 3. The van der Waals surface area contributed by atoms with Crippen molar-refractivity contribution in [1.29, 1.82) is 0 Å². The summed E-state index contributed by atoms with van der Waals surface area (Å²) in [7, 11) is 0. The van der Waals surface area contributed by atoms with Gasteiger partial charge in [-0.1, -0.05) is 60.7 Å². The van der Waals surface area contributed by atoms with Crippen LogP contribution in [0.2, 0.25) is 0 Å². The first-order valence-electron chi connectivity index (χ1n) is 9.33. The molecule has 1 fully saturated rings. The van der Waals surface area contributed by atoms with Crippen molar-refractivity contribution in [2.75, 3.05) is 31.1 Å². The zero-order valence-corrected chi connectivity index (χ0v) is 16.0. The van der Waals surface area contributed by atoms with Gasteiger partial charge < -0.3 is 9.80 Å². The Labute approximate surface area is 164 Å². The molecule has 0 saturated carbocycles. The molecule has 1 saturated heterocycles. The molecule has 5 heteroatoms. The van der Waals surface area contributed by atoms with Crippen molar-refractivity contribution in [3.63, 3.8) is 0 Å². The standard InChI is InChI=1S/C22H23N3OS/c26-21(24-12-14-25(15-13-24)22-23-11-16-27-22)17-20(18-7-3-1-4-8-18)19-9-5-2-6-10-19/h1-11,16,20H,12-15,17H2. The van der Waals surface area contributed by atoms with Crippen molar-refractivity contribution in [2.45, 2.75) is 12.3 Å². The summed E-state index contributed by atoms with van der Waals surface area (Å²) in [5.74, 6) is 0.323. The minimum absolute atomic E-state index is 0.0943. The third-order valence-corrected chi connectivity index (χ3v) is 5.94. The number of anilines is 1. The van der Waals surface area contributed by atoms with Crippen LogP contribution < -0.4 is 4.90 Å². The predicted molar refractivity (Wildman–Crippen MR) is 110 cm³/mol. The third kappa shape index (κ3) is 4.19. The van der Waals surface area contributed by atoms with Crippen LogP contribution in [0.25, 0.3) is 0 Å². The summed E-state index contributed by atoms with van der Waals surface area (Å²) in [6.07, 6.45) is 2.34. The second kappa shape index (κ2) is 8.35. The molecule has 2 heterocycles. The zero-order valence-electron chi connectivity index (χ0n) is 15.2. The summed E-state index contributed by atoms with van der Waals surface area (Å²) in [5, 5.41) is 3.05. The number of thiazole rings is 1. The molecule has 0 unspecified atom stereocenters. The van der Waals surface area contributed by atoms with E-state index in [2.05, 4.69) is 34.1 Å². The molecule has 0 spiro atoms. The topological polar surface area (TPSA) is 36.4 Å². The maximum absolute atomic E-state index is 13.0. The lowest BCUT2D eigenvalue weighted by Gasteiger charge is -2.35. The van der Waals surface area contributed by atoms with Gasteiger partial charge in [-0.25, -0.2) is 4.98 Å². The Bertz CT molecular complexity index is 804. The van der Waals surface area contributed by atoms with E-state index in [1.54, 1.807) is 11.3 Å². The highest BCUT2D eigenvalue weighted by Gasteiger charge is 2.25. The van der Waals surface area contributed by atoms with E-state index in [0.717, 1.165) is 31.3 Å². The number of hydrogen-bond donors (Lipinski definition) is 0. The van der Waals surface area contributed by atoms with E-state index in [-0.39, 0.29) is 11.8 Å². The Balaban J connectivity index is 1.45. The highest BCUT2D eigenvalue weighted by molar-refractivity contribution is 7.13. The monoisotopic (exact) mass is 377 g/mol. The molecule has 0 atom stereocenters. The van der Waals surface area contributed by atoms with E-state index in [1.807, 2.05) is 52.9 Å². The van der Waals surface area contributed by atoms with Gasteiger partial charge in [0.05, 0.1) is 0 Å². The van der Waals surface area contributed by atoms with E-state index in [4.69, 9.17) is 0 Å². The summed E-state index contributed by atoms with van der Waals surface area (Å²) in [6.45, 7) is 3.21. The van der Waals surface area contributed by atoms with Gasteiger partial charge in [-0.05, 0) is 11.1 Å². The summed E-state index contributed by atoms with van der Waals surface area (Å²) < 4.78 is 0. The van der Waals surface area contributed by atoms with Gasteiger partial charge in [-0.2, -0.15) is 0 Å². The van der Waals surface area contributed by atoms with E-state index < -0.39 is 0 Å². The van der Waals surface area contributed by atoms with Crippen LogP contribution in [0.1, 0.15) is 23.5 Å². The lowest BCUT2D eigenvalue weighted by atomic mass is 9.88. The average Bonchev–Trinajstić information content (AvgIpc) is 3.28. The largest absolute Gasteiger partial charge is 0.345 e. The van der Waals surface area contributed by atoms with Gasteiger partial charge in [0, 0.05) is 50.1 Å². The molecule has 0 bridgehead atoms. The Morgan fingerprint density at radius 1 is 0.926 bits per heavy atom. The van der Waals surface area contributed by atoms with Crippen LogP contribution in [0, 0.1) is 0 Å². The highest BCUT2D eigenvalue weighted by Crippen LogP contribution is 2.29. The van der Waals surface area contributed by atoms with Crippen LogP contribution in [-0.2, 0) is 4.79 Å². The molecular weight excluding hydrogens is 354 g/mol. The molecule has 0 N–H and O–H groups in total. The van der Waals surface area contributed by atoms with E-state index >= 15 is 0 Å². The Hall–Kier alpha value is -2.66. The molecule has 1 aromatic heterocycles. The maximum Gasteiger partial charge on any atom is 0.223 e. The third-order valence-electron chi connectivity index (χ3n) is 5.10. The molecule has 2 aromatic carbocycles. The van der Waals surface area contributed by atoms with Gasteiger partial charge in [0.2, 0.25) is 5.91 Å². The fraction of sp³-hybridized carbons (Fsp3) is 0.273. The summed E-state index contributed by atoms with van der Waals surface area (Å²) in [6, 6.07) is 20.7. The number of hydrogen-bond acceptors (Lipinski definition) is 4. The second-order valence-electron chi connectivity index (χ2n) is 6.76.